The largest absolute Gasteiger partial charge is 0.253 e. The Morgan fingerprint density at radius 1 is 0.576 bits per heavy atom. The Labute approximate surface area is 204 Å². The molecule has 0 fully saturated rings. The van der Waals surface area contributed by atoms with Crippen LogP contribution in [0, 0.1) is 0 Å². The highest BCUT2D eigenvalue weighted by atomic mass is 32.3. The Balaban J connectivity index is 2.36. The van der Waals surface area contributed by atoms with Gasteiger partial charge in [0.15, 0.2) is 0 Å². The van der Waals surface area contributed by atoms with E-state index in [1.165, 1.54) is 7.42 Å². The van der Waals surface area contributed by atoms with Gasteiger partial charge in [-0.1, -0.05) is 88.8 Å². The smallest absolute Gasteiger partial charge is 0.206 e. The van der Waals surface area contributed by atoms with Gasteiger partial charge >= 0.3 is 0 Å². The molecule has 0 aliphatic heterocycles. The summed E-state index contributed by atoms with van der Waals surface area (Å²) in [5, 5.41) is 0. The maximum absolute atomic E-state index is 13.5. The Kier molecular flexibility index (Phi) is 11.9. The summed E-state index contributed by atoms with van der Waals surface area (Å²) in [5.41, 5.74) is 0. The van der Waals surface area contributed by atoms with Gasteiger partial charge in [-0.3, -0.25) is 0 Å². The lowest BCUT2D eigenvalue weighted by atomic mass is 10.2. The van der Waals surface area contributed by atoms with Crippen LogP contribution in [-0.4, -0.2) is 37.3 Å². The van der Waals surface area contributed by atoms with Gasteiger partial charge in [0.2, 0.25) is 0 Å². The first-order valence-corrected chi connectivity index (χ1v) is 15.3. The molecule has 6 nitrogen and oxygen atoms in total. The van der Waals surface area contributed by atoms with Crippen LogP contribution in [0.4, 0.5) is 0 Å². The second kappa shape index (κ2) is 14.1. The standard InChI is InChI=1S/C24H36N2O4S3/c1-3-5-7-15-21-25(32(27,28)23-17-11-9-12-18-23)31-26(22-16-8-6-4-2)33(29,30)24-19-13-10-14-20-24/h9-14,17-20H,3-8,15-16,21-22H2,1-2H3. The second-order valence-corrected chi connectivity index (χ2v) is 13.1. The lowest BCUT2D eigenvalue weighted by Gasteiger charge is -2.28. The van der Waals surface area contributed by atoms with Crippen molar-refractivity contribution >= 4 is 32.2 Å². The summed E-state index contributed by atoms with van der Waals surface area (Å²) in [6.45, 7) is 4.69. The van der Waals surface area contributed by atoms with Gasteiger partial charge in [-0.15, -0.1) is 7.42 Å². The molecule has 0 radical (unpaired) electrons. The minimum absolute atomic E-state index is 0.163. The van der Waals surface area contributed by atoms with Crippen molar-refractivity contribution in [2.45, 2.75) is 75.0 Å². The topological polar surface area (TPSA) is 74.8 Å². The fraction of sp³-hybridized carbons (Fsp3) is 0.500. The number of unbranched alkanes of at least 4 members (excludes halogenated alkanes) is 6. The molecule has 0 heterocycles. The summed E-state index contributed by atoms with van der Waals surface area (Å²) < 4.78 is 56.3. The van der Waals surface area contributed by atoms with Crippen molar-refractivity contribution in [2.24, 2.45) is 0 Å². The van der Waals surface area contributed by atoms with E-state index in [-0.39, 0.29) is 22.9 Å². The van der Waals surface area contributed by atoms with Crippen molar-refractivity contribution in [1.29, 1.82) is 0 Å². The quantitative estimate of drug-likeness (QED) is 0.201. The molecule has 184 valence electrons. The van der Waals surface area contributed by atoms with Gasteiger partial charge in [0.05, 0.1) is 9.79 Å². The highest BCUT2D eigenvalue weighted by molar-refractivity contribution is 8.13. The summed E-state index contributed by atoms with van der Waals surface area (Å²) in [4.78, 5) is 0.326. The summed E-state index contributed by atoms with van der Waals surface area (Å²) in [7, 11) is -7.74. The molecule has 0 aliphatic carbocycles. The summed E-state index contributed by atoms with van der Waals surface area (Å²) >= 11 is 0.800. The van der Waals surface area contributed by atoms with Gasteiger partial charge in [0, 0.05) is 25.2 Å². The lowest BCUT2D eigenvalue weighted by molar-refractivity contribution is 0.497. The molecule has 0 aliphatic rings. The van der Waals surface area contributed by atoms with E-state index in [2.05, 4.69) is 13.8 Å². The van der Waals surface area contributed by atoms with Gasteiger partial charge in [0.1, 0.15) is 0 Å². The van der Waals surface area contributed by atoms with E-state index in [9.17, 15) is 16.8 Å². The SMILES string of the molecule is CCCCCCN(SN(CCCCCC)S(=O)(=O)c1ccccc1)S(=O)(=O)c1ccccc1. The molecule has 0 spiro atoms. The van der Waals surface area contributed by atoms with E-state index in [4.69, 9.17) is 0 Å². The van der Waals surface area contributed by atoms with Crippen LogP contribution in [0.1, 0.15) is 65.2 Å². The summed E-state index contributed by atoms with van der Waals surface area (Å²) in [5.74, 6) is 0. The Hall–Kier alpha value is -1.39. The second-order valence-electron chi connectivity index (χ2n) is 7.89. The molecule has 9 heteroatoms. The van der Waals surface area contributed by atoms with E-state index in [0.29, 0.717) is 12.8 Å². The molecule has 0 amide bonds. The van der Waals surface area contributed by atoms with Crippen LogP contribution in [0.25, 0.3) is 0 Å². The van der Waals surface area contributed by atoms with Crippen molar-refractivity contribution in [2.75, 3.05) is 13.1 Å². The van der Waals surface area contributed by atoms with Crippen LogP contribution < -0.4 is 0 Å². The minimum atomic E-state index is -3.87. The molecule has 0 saturated heterocycles. The summed E-state index contributed by atoms with van der Waals surface area (Å²) in [6, 6.07) is 16.4. The predicted octanol–water partition coefficient (Wildman–Crippen LogP) is 6.09. The number of hydrogen-bond donors (Lipinski definition) is 0. The number of rotatable bonds is 16. The molecule has 0 saturated carbocycles. The molecule has 2 aromatic rings. The monoisotopic (exact) mass is 512 g/mol. The third kappa shape index (κ3) is 8.40. The third-order valence-electron chi connectivity index (χ3n) is 5.19. The van der Waals surface area contributed by atoms with Gasteiger partial charge in [-0.25, -0.2) is 16.8 Å². The van der Waals surface area contributed by atoms with Crippen molar-refractivity contribution < 1.29 is 16.8 Å². The van der Waals surface area contributed by atoms with Crippen LogP contribution in [0.3, 0.4) is 0 Å². The molecule has 33 heavy (non-hydrogen) atoms. The van der Waals surface area contributed by atoms with Crippen LogP contribution in [0.5, 0.6) is 0 Å². The van der Waals surface area contributed by atoms with Gasteiger partial charge in [-0.2, -0.15) is 0 Å². The number of benzene rings is 2. The average molecular weight is 513 g/mol. The van der Waals surface area contributed by atoms with E-state index in [0.717, 1.165) is 50.7 Å². The third-order valence-corrected chi connectivity index (χ3v) is 10.7. The van der Waals surface area contributed by atoms with Gasteiger partial charge in [-0.05, 0) is 37.1 Å². The zero-order valence-corrected chi connectivity index (χ0v) is 22.0. The Morgan fingerprint density at radius 2 is 0.939 bits per heavy atom. The molecular weight excluding hydrogens is 476 g/mol. The maximum Gasteiger partial charge on any atom is 0.253 e. The van der Waals surface area contributed by atoms with E-state index in [1.807, 2.05) is 0 Å². The normalized spacial score (nSPS) is 12.5. The predicted molar refractivity (Wildman–Crippen MR) is 137 cm³/mol. The molecule has 0 unspecified atom stereocenters. The molecule has 0 N–H and O–H groups in total. The average Bonchev–Trinajstić information content (AvgIpc) is 2.83. The minimum Gasteiger partial charge on any atom is -0.206 e. The number of nitrogens with zero attached hydrogens (tertiary/aromatic N) is 2. The van der Waals surface area contributed by atoms with Gasteiger partial charge < -0.3 is 0 Å². The first-order valence-electron chi connectivity index (χ1n) is 11.7. The fourth-order valence-electron chi connectivity index (χ4n) is 3.27. The highest BCUT2D eigenvalue weighted by Crippen LogP contribution is 2.31. The van der Waals surface area contributed by atoms with Crippen molar-refractivity contribution in [1.82, 2.24) is 7.42 Å². The zero-order chi connectivity index (χ0) is 24.2. The van der Waals surface area contributed by atoms with Crippen molar-refractivity contribution in [3.8, 4) is 0 Å². The molecule has 2 rings (SSSR count). The Bertz CT molecular complexity index is 931. The Morgan fingerprint density at radius 3 is 1.27 bits per heavy atom. The van der Waals surface area contributed by atoms with Crippen LogP contribution in [0.2, 0.25) is 0 Å². The van der Waals surface area contributed by atoms with Crippen LogP contribution in [-0.2, 0) is 20.0 Å². The highest BCUT2D eigenvalue weighted by Gasteiger charge is 2.33. The summed E-state index contributed by atoms with van der Waals surface area (Å²) in [6.07, 6.45) is 7.19. The molecular formula is C24H36N2O4S3. The van der Waals surface area contributed by atoms with Crippen molar-refractivity contribution in [3.63, 3.8) is 0 Å². The lowest BCUT2D eigenvalue weighted by Crippen LogP contribution is -2.35. The van der Waals surface area contributed by atoms with Crippen LogP contribution >= 0.6 is 12.1 Å². The van der Waals surface area contributed by atoms with Crippen LogP contribution in [0.15, 0.2) is 70.5 Å². The first kappa shape index (κ1) is 27.9. The zero-order valence-electron chi connectivity index (χ0n) is 19.6. The van der Waals surface area contributed by atoms with E-state index < -0.39 is 20.0 Å². The number of sulfonamides is 2. The maximum atomic E-state index is 13.5. The fourth-order valence-corrected chi connectivity index (χ4v) is 7.93. The molecule has 0 atom stereocenters. The first-order chi connectivity index (χ1) is 15.8. The molecule has 2 aromatic carbocycles. The number of hydrogen-bond acceptors (Lipinski definition) is 5. The molecule has 0 aromatic heterocycles. The van der Waals surface area contributed by atoms with Crippen molar-refractivity contribution in [3.05, 3.63) is 60.7 Å². The van der Waals surface area contributed by atoms with Gasteiger partial charge in [0.25, 0.3) is 20.0 Å². The molecule has 0 bridgehead atoms. The van der Waals surface area contributed by atoms with E-state index in [1.54, 1.807) is 60.7 Å². The van der Waals surface area contributed by atoms with E-state index >= 15 is 0 Å².